The SMILES string of the molecule is COc1ccc(NC(=O)Cn2c3c(sc2=O)[C@@H](c2cccs2)C2C(=O)N(c4ccc(Cl)cc4)C(=O)C2S3)cc1. The van der Waals surface area contributed by atoms with Crippen molar-refractivity contribution in [3.8, 4) is 5.75 Å². The number of nitrogens with one attached hydrogen (secondary N) is 1. The maximum absolute atomic E-state index is 13.8. The average molecular weight is 598 g/mol. The van der Waals surface area contributed by atoms with Gasteiger partial charge in [-0.2, -0.15) is 0 Å². The summed E-state index contributed by atoms with van der Waals surface area (Å²) in [7, 11) is 1.56. The number of methoxy groups -OCH3 is 1. The molecule has 1 N–H and O–H groups in total. The lowest BCUT2D eigenvalue weighted by molar-refractivity contribution is -0.122. The van der Waals surface area contributed by atoms with Gasteiger partial charge in [-0.1, -0.05) is 40.8 Å². The standard InChI is InChI=1S/C27H20ClN3O5S3/c1-36-17-10-6-15(7-11-17)29-19(32)13-30-26-23(39-27(30)35)20(18-3-2-12-37-18)21-22(38-26)25(34)31(24(21)33)16-8-4-14(28)5-9-16/h2-12,20-22H,13H2,1H3,(H,29,32)/t20-,21?,22?/m0/s1. The molecule has 2 aliphatic heterocycles. The van der Waals surface area contributed by atoms with Gasteiger partial charge in [0.05, 0.1) is 23.7 Å². The number of thiophene rings is 1. The van der Waals surface area contributed by atoms with Gasteiger partial charge in [0.25, 0.3) is 0 Å². The van der Waals surface area contributed by atoms with Crippen LogP contribution >= 0.6 is 46.0 Å². The van der Waals surface area contributed by atoms with E-state index in [0.29, 0.717) is 32.1 Å². The number of amides is 3. The van der Waals surface area contributed by atoms with E-state index in [9.17, 15) is 19.2 Å². The number of nitrogens with zero attached hydrogens (tertiary/aromatic N) is 2. The van der Waals surface area contributed by atoms with Gasteiger partial charge in [0.1, 0.15) is 17.5 Å². The molecule has 39 heavy (non-hydrogen) atoms. The molecule has 2 unspecified atom stereocenters. The van der Waals surface area contributed by atoms with E-state index < -0.39 is 17.1 Å². The van der Waals surface area contributed by atoms with Crippen molar-refractivity contribution in [3.05, 3.63) is 90.5 Å². The van der Waals surface area contributed by atoms with Gasteiger partial charge in [-0.05, 0) is 60.0 Å². The number of thiazole rings is 1. The second-order valence-corrected chi connectivity index (χ2v) is 12.5. The highest BCUT2D eigenvalue weighted by molar-refractivity contribution is 8.00. The maximum atomic E-state index is 13.8. The van der Waals surface area contributed by atoms with E-state index in [-0.39, 0.29) is 29.1 Å². The second-order valence-electron chi connectivity index (χ2n) is 8.95. The molecular weight excluding hydrogens is 578 g/mol. The van der Waals surface area contributed by atoms with Crippen molar-refractivity contribution in [2.45, 2.75) is 22.7 Å². The summed E-state index contributed by atoms with van der Waals surface area (Å²) in [4.78, 5) is 56.1. The van der Waals surface area contributed by atoms with Crippen molar-refractivity contribution >= 4 is 75.1 Å². The Morgan fingerprint density at radius 2 is 1.77 bits per heavy atom. The minimum Gasteiger partial charge on any atom is -0.497 e. The minimum atomic E-state index is -0.738. The van der Waals surface area contributed by atoms with Crippen LogP contribution in [-0.2, 0) is 20.9 Å². The van der Waals surface area contributed by atoms with Crippen LogP contribution in [0.15, 0.2) is 75.9 Å². The fourth-order valence-electron chi connectivity index (χ4n) is 4.89. The Morgan fingerprint density at radius 3 is 2.44 bits per heavy atom. The Hall–Kier alpha value is -3.38. The highest BCUT2D eigenvalue weighted by Gasteiger charge is 2.57. The molecule has 6 rings (SSSR count). The topological polar surface area (TPSA) is 97.7 Å². The number of benzene rings is 2. The molecule has 4 aromatic rings. The van der Waals surface area contributed by atoms with Gasteiger partial charge in [0.15, 0.2) is 0 Å². The van der Waals surface area contributed by atoms with Gasteiger partial charge in [-0.15, -0.1) is 11.3 Å². The number of ether oxygens (including phenoxy) is 1. The molecular formula is C27H20ClN3O5S3. The Morgan fingerprint density at radius 1 is 1.03 bits per heavy atom. The minimum absolute atomic E-state index is 0.221. The third-order valence-corrected chi connectivity index (χ3v) is 10.5. The van der Waals surface area contributed by atoms with Crippen molar-refractivity contribution in [1.82, 2.24) is 4.57 Å². The van der Waals surface area contributed by atoms with Crippen molar-refractivity contribution in [3.63, 3.8) is 0 Å². The van der Waals surface area contributed by atoms with Crippen LogP contribution in [0.1, 0.15) is 15.7 Å². The molecule has 1 fully saturated rings. The van der Waals surface area contributed by atoms with Crippen LogP contribution in [0.2, 0.25) is 5.02 Å². The number of imide groups is 1. The normalized spacial score (nSPS) is 20.1. The van der Waals surface area contributed by atoms with Gasteiger partial charge in [0.2, 0.25) is 17.7 Å². The molecule has 1 saturated heterocycles. The molecule has 0 aliphatic carbocycles. The molecule has 0 radical (unpaired) electrons. The monoisotopic (exact) mass is 597 g/mol. The first-order valence-electron chi connectivity index (χ1n) is 11.9. The predicted molar refractivity (Wildman–Crippen MR) is 153 cm³/mol. The summed E-state index contributed by atoms with van der Waals surface area (Å²) in [5.41, 5.74) is 1.02. The molecule has 2 aliphatic rings. The van der Waals surface area contributed by atoms with Crippen LogP contribution < -0.4 is 19.8 Å². The summed E-state index contributed by atoms with van der Waals surface area (Å²) in [5.74, 6) is -1.53. The lowest BCUT2D eigenvalue weighted by Gasteiger charge is -2.29. The predicted octanol–water partition coefficient (Wildman–Crippen LogP) is 5.07. The maximum Gasteiger partial charge on any atom is 0.308 e. The number of rotatable bonds is 6. The molecule has 3 amide bonds. The fraction of sp³-hybridized carbons (Fsp3) is 0.185. The van der Waals surface area contributed by atoms with Crippen LogP contribution in [0, 0.1) is 5.92 Å². The first-order valence-corrected chi connectivity index (χ1v) is 14.8. The molecule has 0 bridgehead atoms. The van der Waals surface area contributed by atoms with Crippen LogP contribution in [0.5, 0.6) is 5.75 Å². The third kappa shape index (κ3) is 4.59. The molecule has 2 aromatic heterocycles. The number of aromatic nitrogens is 1. The van der Waals surface area contributed by atoms with Crippen LogP contribution in [0.25, 0.3) is 0 Å². The second kappa shape index (κ2) is 10.3. The first-order chi connectivity index (χ1) is 18.9. The molecule has 0 spiro atoms. The van der Waals surface area contributed by atoms with Crippen LogP contribution in [0.4, 0.5) is 11.4 Å². The Balaban J connectivity index is 1.35. The zero-order valence-corrected chi connectivity index (χ0v) is 23.5. The molecule has 3 atom stereocenters. The molecule has 198 valence electrons. The molecule has 12 heteroatoms. The zero-order chi connectivity index (χ0) is 27.3. The van der Waals surface area contributed by atoms with Crippen molar-refractivity contribution in [2.75, 3.05) is 17.3 Å². The number of carbonyl (C=O) groups excluding carboxylic acids is 3. The van der Waals surface area contributed by atoms with Crippen LogP contribution in [-0.4, -0.2) is 34.6 Å². The number of carbonyl (C=O) groups is 3. The van der Waals surface area contributed by atoms with Crippen molar-refractivity contribution < 1.29 is 19.1 Å². The van der Waals surface area contributed by atoms with Crippen molar-refractivity contribution in [1.29, 1.82) is 0 Å². The molecule has 2 aromatic carbocycles. The summed E-state index contributed by atoms with van der Waals surface area (Å²) in [6.45, 7) is -0.221. The smallest absolute Gasteiger partial charge is 0.308 e. The highest BCUT2D eigenvalue weighted by atomic mass is 35.5. The number of hydrogen-bond acceptors (Lipinski definition) is 8. The van der Waals surface area contributed by atoms with E-state index >= 15 is 0 Å². The van der Waals surface area contributed by atoms with Gasteiger partial charge < -0.3 is 10.1 Å². The molecule has 0 saturated carbocycles. The number of halogens is 1. The quantitative estimate of drug-likeness (QED) is 0.312. The van der Waals surface area contributed by atoms with Gasteiger partial charge >= 0.3 is 4.87 Å². The zero-order valence-electron chi connectivity index (χ0n) is 20.3. The number of anilines is 2. The van der Waals surface area contributed by atoms with E-state index in [1.54, 1.807) is 55.6 Å². The van der Waals surface area contributed by atoms with Crippen LogP contribution in [0.3, 0.4) is 0 Å². The molecule has 8 nitrogen and oxygen atoms in total. The third-order valence-electron chi connectivity index (χ3n) is 6.66. The molecule has 4 heterocycles. The fourth-order valence-corrected chi connectivity index (χ4v) is 8.74. The summed E-state index contributed by atoms with van der Waals surface area (Å²) >= 11 is 9.71. The van der Waals surface area contributed by atoms with E-state index in [1.807, 2.05) is 17.5 Å². The van der Waals surface area contributed by atoms with Gasteiger partial charge in [0, 0.05) is 26.4 Å². The lowest BCUT2D eigenvalue weighted by atomic mass is 9.87. The van der Waals surface area contributed by atoms with E-state index in [4.69, 9.17) is 16.3 Å². The summed E-state index contributed by atoms with van der Waals surface area (Å²) < 4.78 is 6.56. The van der Waals surface area contributed by atoms with E-state index in [1.165, 1.54) is 32.6 Å². The number of fused-ring (bicyclic) bond motifs is 2. The van der Waals surface area contributed by atoms with E-state index in [2.05, 4.69) is 5.32 Å². The first kappa shape index (κ1) is 25.9. The van der Waals surface area contributed by atoms with Crippen molar-refractivity contribution in [2.24, 2.45) is 5.92 Å². The van der Waals surface area contributed by atoms with E-state index in [0.717, 1.165) is 16.2 Å². The summed E-state index contributed by atoms with van der Waals surface area (Å²) in [6, 6.07) is 17.3. The lowest BCUT2D eigenvalue weighted by Crippen LogP contribution is -2.32. The highest BCUT2D eigenvalue weighted by Crippen LogP contribution is 2.54. The largest absolute Gasteiger partial charge is 0.497 e. The Bertz CT molecular complexity index is 1630. The number of thioether (sulfide) groups is 1. The summed E-state index contributed by atoms with van der Waals surface area (Å²) in [6.07, 6.45) is 0. The van der Waals surface area contributed by atoms with Gasteiger partial charge in [-0.3, -0.25) is 23.7 Å². The summed E-state index contributed by atoms with van der Waals surface area (Å²) in [5, 5.41) is 5.02. The average Bonchev–Trinajstić information content (AvgIpc) is 3.63. The van der Waals surface area contributed by atoms with Gasteiger partial charge in [-0.25, -0.2) is 4.90 Å². The Labute approximate surface area is 240 Å². The Kier molecular flexibility index (Phi) is 6.84. The number of hydrogen-bond donors (Lipinski definition) is 1.